The van der Waals surface area contributed by atoms with Crippen LogP contribution in [0, 0.1) is 24.1 Å². The fourth-order valence-corrected chi connectivity index (χ4v) is 2.85. The van der Waals surface area contributed by atoms with Crippen LogP contribution in [0.5, 0.6) is 0 Å². The van der Waals surface area contributed by atoms with Crippen LogP contribution in [-0.4, -0.2) is 6.04 Å². The van der Waals surface area contributed by atoms with Gasteiger partial charge in [0.25, 0.3) is 0 Å². The Morgan fingerprint density at radius 1 is 1.19 bits per heavy atom. The number of hydrogen-bond acceptors (Lipinski definition) is 2. The summed E-state index contributed by atoms with van der Waals surface area (Å²) in [6, 6.07) is 15.4. The topological polar surface area (TPSA) is 35.8 Å². The van der Waals surface area contributed by atoms with Crippen molar-refractivity contribution in [3.05, 3.63) is 65.0 Å². The van der Waals surface area contributed by atoms with Crippen LogP contribution >= 0.6 is 0 Å². The van der Waals surface area contributed by atoms with Crippen molar-refractivity contribution in [1.82, 2.24) is 0 Å². The molecule has 2 aromatic rings. The highest BCUT2D eigenvalue weighted by atomic mass is 19.1. The van der Waals surface area contributed by atoms with Gasteiger partial charge in [-0.05, 0) is 49.4 Å². The van der Waals surface area contributed by atoms with E-state index >= 15 is 0 Å². The van der Waals surface area contributed by atoms with Crippen molar-refractivity contribution in [2.24, 2.45) is 0 Å². The van der Waals surface area contributed by atoms with Gasteiger partial charge < -0.3 is 5.32 Å². The van der Waals surface area contributed by atoms with Crippen LogP contribution in [0.2, 0.25) is 0 Å². The molecule has 0 heterocycles. The first-order valence-corrected chi connectivity index (χ1v) is 7.18. The molecular formula is C18H17FN2. The molecule has 0 atom stereocenters. The molecule has 21 heavy (non-hydrogen) atoms. The lowest BCUT2D eigenvalue weighted by atomic mass is 9.75. The molecule has 1 aliphatic rings. The van der Waals surface area contributed by atoms with Crippen molar-refractivity contribution in [1.29, 1.82) is 5.26 Å². The van der Waals surface area contributed by atoms with Crippen LogP contribution in [-0.2, 0) is 0 Å². The lowest BCUT2D eigenvalue weighted by Gasteiger charge is -2.37. The maximum Gasteiger partial charge on any atom is 0.147 e. The fraction of sp³-hybridized carbons (Fsp3) is 0.278. The number of nitrogens with zero attached hydrogens (tertiary/aromatic N) is 1. The van der Waals surface area contributed by atoms with E-state index in [0.717, 1.165) is 12.8 Å². The summed E-state index contributed by atoms with van der Waals surface area (Å²) in [5, 5.41) is 12.0. The quantitative estimate of drug-likeness (QED) is 0.906. The van der Waals surface area contributed by atoms with Crippen molar-refractivity contribution in [3.8, 4) is 6.07 Å². The highest BCUT2D eigenvalue weighted by Crippen LogP contribution is 2.39. The van der Waals surface area contributed by atoms with E-state index in [9.17, 15) is 4.39 Å². The molecule has 2 nitrogen and oxygen atoms in total. The molecule has 3 rings (SSSR count). The van der Waals surface area contributed by atoms with E-state index in [2.05, 4.69) is 36.5 Å². The molecule has 0 radical (unpaired) electrons. The van der Waals surface area contributed by atoms with Gasteiger partial charge >= 0.3 is 0 Å². The molecule has 1 saturated carbocycles. The minimum atomic E-state index is -0.354. The molecule has 0 amide bonds. The summed E-state index contributed by atoms with van der Waals surface area (Å²) in [6.45, 7) is 2.10. The van der Waals surface area contributed by atoms with Crippen molar-refractivity contribution < 1.29 is 4.39 Å². The van der Waals surface area contributed by atoms with E-state index < -0.39 is 0 Å². The number of aryl methyl sites for hydroxylation is 1. The SMILES string of the molecule is Cc1cccc(C2CC(Nc3ccc(C#N)cc3F)C2)c1. The maximum atomic E-state index is 13.8. The van der Waals surface area contributed by atoms with Gasteiger partial charge in [-0.2, -0.15) is 5.26 Å². The van der Waals surface area contributed by atoms with Crippen LogP contribution < -0.4 is 5.32 Å². The van der Waals surface area contributed by atoms with Gasteiger partial charge in [0.05, 0.1) is 17.3 Å². The molecule has 1 N–H and O–H groups in total. The van der Waals surface area contributed by atoms with Crippen molar-refractivity contribution in [2.75, 3.05) is 5.32 Å². The monoisotopic (exact) mass is 280 g/mol. The van der Waals surface area contributed by atoms with E-state index in [4.69, 9.17) is 5.26 Å². The summed E-state index contributed by atoms with van der Waals surface area (Å²) in [5.74, 6) is 0.205. The van der Waals surface area contributed by atoms with Gasteiger partial charge in [0.2, 0.25) is 0 Å². The lowest BCUT2D eigenvalue weighted by Crippen LogP contribution is -2.34. The van der Waals surface area contributed by atoms with Gasteiger partial charge in [0.15, 0.2) is 0 Å². The third-order valence-corrected chi connectivity index (χ3v) is 4.11. The molecular weight excluding hydrogens is 263 g/mol. The van der Waals surface area contributed by atoms with Crippen molar-refractivity contribution in [3.63, 3.8) is 0 Å². The van der Waals surface area contributed by atoms with E-state index in [1.165, 1.54) is 17.2 Å². The molecule has 0 unspecified atom stereocenters. The standard InChI is InChI=1S/C18H17FN2/c1-12-3-2-4-14(7-12)15-9-16(10-15)21-18-6-5-13(11-20)8-17(18)19/h2-8,15-16,21H,9-10H2,1H3. The zero-order valence-electron chi connectivity index (χ0n) is 11.9. The molecule has 3 heteroatoms. The number of benzene rings is 2. The molecule has 106 valence electrons. The van der Waals surface area contributed by atoms with Crippen LogP contribution in [0.4, 0.5) is 10.1 Å². The minimum Gasteiger partial charge on any atom is -0.380 e. The van der Waals surface area contributed by atoms with Gasteiger partial charge in [0.1, 0.15) is 5.82 Å². The smallest absolute Gasteiger partial charge is 0.147 e. The summed E-state index contributed by atoms with van der Waals surface area (Å²) < 4.78 is 13.8. The third-order valence-electron chi connectivity index (χ3n) is 4.11. The van der Waals surface area contributed by atoms with E-state index in [-0.39, 0.29) is 5.82 Å². The number of rotatable bonds is 3. The zero-order valence-corrected chi connectivity index (χ0v) is 11.9. The predicted octanol–water partition coefficient (Wildman–Crippen LogP) is 4.36. The fourth-order valence-electron chi connectivity index (χ4n) is 2.85. The largest absolute Gasteiger partial charge is 0.380 e. The maximum absolute atomic E-state index is 13.8. The molecule has 0 bridgehead atoms. The number of nitriles is 1. The highest BCUT2D eigenvalue weighted by Gasteiger charge is 2.30. The van der Waals surface area contributed by atoms with Gasteiger partial charge in [0, 0.05) is 6.04 Å². The molecule has 0 aliphatic heterocycles. The van der Waals surface area contributed by atoms with Crippen LogP contribution in [0.15, 0.2) is 42.5 Å². The average Bonchev–Trinajstić information content (AvgIpc) is 2.43. The number of halogens is 1. The lowest BCUT2D eigenvalue weighted by molar-refractivity contribution is 0.373. The first kappa shape index (κ1) is 13.6. The first-order valence-electron chi connectivity index (χ1n) is 7.18. The molecule has 0 spiro atoms. The Hall–Kier alpha value is -2.34. The second kappa shape index (κ2) is 5.57. The number of hydrogen-bond donors (Lipinski definition) is 1. The van der Waals surface area contributed by atoms with Crippen molar-refractivity contribution >= 4 is 5.69 Å². The highest BCUT2D eigenvalue weighted by molar-refractivity contribution is 5.50. The zero-order chi connectivity index (χ0) is 14.8. The summed E-state index contributed by atoms with van der Waals surface area (Å²) >= 11 is 0. The Kier molecular flexibility index (Phi) is 3.62. The summed E-state index contributed by atoms with van der Waals surface area (Å²) in [6.07, 6.45) is 2.03. The van der Waals surface area contributed by atoms with E-state index in [1.54, 1.807) is 12.1 Å². The summed E-state index contributed by atoms with van der Waals surface area (Å²) in [7, 11) is 0. The van der Waals surface area contributed by atoms with Gasteiger partial charge in [-0.3, -0.25) is 0 Å². The summed E-state index contributed by atoms with van der Waals surface area (Å²) in [5.41, 5.74) is 3.49. The molecule has 1 aliphatic carbocycles. The summed E-state index contributed by atoms with van der Waals surface area (Å²) in [4.78, 5) is 0. The van der Waals surface area contributed by atoms with Crippen LogP contribution in [0.1, 0.15) is 35.4 Å². The van der Waals surface area contributed by atoms with E-state index in [0.29, 0.717) is 23.2 Å². The number of nitrogens with one attached hydrogen (secondary N) is 1. The average molecular weight is 280 g/mol. The Bertz CT molecular complexity index is 697. The van der Waals surface area contributed by atoms with Gasteiger partial charge in [-0.15, -0.1) is 0 Å². The predicted molar refractivity (Wildman–Crippen MR) is 81.7 cm³/mol. The second-order valence-corrected chi connectivity index (χ2v) is 5.73. The molecule has 0 saturated heterocycles. The Balaban J connectivity index is 1.61. The normalized spacial score (nSPS) is 20.4. The molecule has 1 fully saturated rings. The van der Waals surface area contributed by atoms with Gasteiger partial charge in [-0.1, -0.05) is 29.8 Å². The van der Waals surface area contributed by atoms with Crippen LogP contribution in [0.25, 0.3) is 0 Å². The first-order chi connectivity index (χ1) is 10.2. The Morgan fingerprint density at radius 2 is 2.00 bits per heavy atom. The number of anilines is 1. The van der Waals surface area contributed by atoms with Gasteiger partial charge in [-0.25, -0.2) is 4.39 Å². The third kappa shape index (κ3) is 2.90. The Morgan fingerprint density at radius 3 is 2.67 bits per heavy atom. The second-order valence-electron chi connectivity index (χ2n) is 5.73. The van der Waals surface area contributed by atoms with E-state index in [1.807, 2.05) is 6.07 Å². The molecule has 0 aromatic heterocycles. The van der Waals surface area contributed by atoms with Crippen molar-refractivity contribution in [2.45, 2.75) is 31.7 Å². The minimum absolute atomic E-state index is 0.304. The molecule has 2 aromatic carbocycles. The van der Waals surface area contributed by atoms with Crippen LogP contribution in [0.3, 0.4) is 0 Å². The Labute approximate surface area is 124 Å².